The Hall–Kier alpha value is -2.33. The molecule has 3 rings (SSSR count). The smallest absolute Gasteiger partial charge is 0.235 e. The van der Waals surface area contributed by atoms with Crippen LogP contribution in [0.2, 0.25) is 0 Å². The van der Waals surface area contributed by atoms with Gasteiger partial charge in [0.25, 0.3) is 0 Å². The number of nitrogens with zero attached hydrogens (tertiary/aromatic N) is 2. The van der Waals surface area contributed by atoms with E-state index in [1.807, 2.05) is 13.8 Å². The Morgan fingerprint density at radius 3 is 2.63 bits per heavy atom. The van der Waals surface area contributed by atoms with Crippen molar-refractivity contribution >= 4 is 23.5 Å². The van der Waals surface area contributed by atoms with Crippen molar-refractivity contribution in [2.24, 2.45) is 0 Å². The van der Waals surface area contributed by atoms with Crippen LogP contribution in [0.5, 0.6) is 0 Å². The van der Waals surface area contributed by atoms with Gasteiger partial charge in [0.2, 0.25) is 5.91 Å². The second-order valence-corrected chi connectivity index (χ2v) is 7.82. The molecule has 1 aliphatic carbocycles. The molecule has 1 fully saturated rings. The SMILES string of the molecule is Cc1c(C#N)c(NC(=O)CSc2ccc(F)c(F)c2)n(C2CCCC2)c1C. The van der Waals surface area contributed by atoms with E-state index in [1.165, 1.54) is 6.07 Å². The summed E-state index contributed by atoms with van der Waals surface area (Å²) in [7, 11) is 0. The molecule has 1 amide bonds. The van der Waals surface area contributed by atoms with Crippen LogP contribution < -0.4 is 5.32 Å². The van der Waals surface area contributed by atoms with Crippen LogP contribution in [0.3, 0.4) is 0 Å². The van der Waals surface area contributed by atoms with Crippen LogP contribution in [0, 0.1) is 36.8 Å². The average molecular weight is 389 g/mol. The monoisotopic (exact) mass is 389 g/mol. The highest BCUT2D eigenvalue weighted by Gasteiger charge is 2.26. The molecule has 4 nitrogen and oxygen atoms in total. The van der Waals surface area contributed by atoms with Gasteiger partial charge in [0, 0.05) is 16.6 Å². The van der Waals surface area contributed by atoms with Gasteiger partial charge in [0.15, 0.2) is 11.6 Å². The van der Waals surface area contributed by atoms with Crippen molar-refractivity contribution in [2.75, 3.05) is 11.1 Å². The van der Waals surface area contributed by atoms with Gasteiger partial charge in [-0.1, -0.05) is 12.8 Å². The van der Waals surface area contributed by atoms with E-state index >= 15 is 0 Å². The van der Waals surface area contributed by atoms with Gasteiger partial charge in [-0.15, -0.1) is 11.8 Å². The topological polar surface area (TPSA) is 57.8 Å². The molecular formula is C20H21F2N3OS. The summed E-state index contributed by atoms with van der Waals surface area (Å²) in [4.78, 5) is 12.9. The predicted molar refractivity (Wildman–Crippen MR) is 102 cm³/mol. The molecule has 0 atom stereocenters. The van der Waals surface area contributed by atoms with Gasteiger partial charge in [-0.25, -0.2) is 8.78 Å². The van der Waals surface area contributed by atoms with E-state index in [0.29, 0.717) is 22.3 Å². The van der Waals surface area contributed by atoms with Crippen LogP contribution in [0.25, 0.3) is 0 Å². The first-order valence-electron chi connectivity index (χ1n) is 8.91. The molecule has 1 saturated carbocycles. The van der Waals surface area contributed by atoms with Gasteiger partial charge >= 0.3 is 0 Å². The molecule has 0 unspecified atom stereocenters. The number of nitrogens with one attached hydrogen (secondary N) is 1. The number of hydrogen-bond donors (Lipinski definition) is 1. The van der Waals surface area contributed by atoms with Crippen molar-refractivity contribution < 1.29 is 13.6 Å². The zero-order valence-corrected chi connectivity index (χ0v) is 16.1. The van der Waals surface area contributed by atoms with Gasteiger partial charge in [0.05, 0.1) is 11.3 Å². The summed E-state index contributed by atoms with van der Waals surface area (Å²) >= 11 is 1.12. The number of carbonyl (C=O) groups excluding carboxylic acids is 1. The van der Waals surface area contributed by atoms with Crippen LogP contribution in [-0.2, 0) is 4.79 Å². The first-order chi connectivity index (χ1) is 12.9. The molecule has 7 heteroatoms. The lowest BCUT2D eigenvalue weighted by atomic mass is 10.2. The highest BCUT2D eigenvalue weighted by atomic mass is 32.2. The molecule has 0 bridgehead atoms. The van der Waals surface area contributed by atoms with E-state index in [9.17, 15) is 18.8 Å². The first kappa shape index (κ1) is 19.4. The van der Waals surface area contributed by atoms with Crippen molar-refractivity contribution in [3.05, 3.63) is 46.7 Å². The summed E-state index contributed by atoms with van der Waals surface area (Å²) in [6.07, 6.45) is 4.35. The molecule has 0 saturated heterocycles. The minimum Gasteiger partial charge on any atom is -0.327 e. The molecule has 142 valence electrons. The Bertz CT molecular complexity index is 911. The number of anilines is 1. The Labute approximate surface area is 161 Å². The fraction of sp³-hybridized carbons (Fsp3) is 0.400. The van der Waals surface area contributed by atoms with E-state index in [2.05, 4.69) is 16.0 Å². The highest BCUT2D eigenvalue weighted by molar-refractivity contribution is 8.00. The minimum absolute atomic E-state index is 0.0455. The van der Waals surface area contributed by atoms with Gasteiger partial charge in [-0.2, -0.15) is 5.26 Å². The molecule has 0 spiro atoms. The lowest BCUT2D eigenvalue weighted by Crippen LogP contribution is -2.19. The third-order valence-corrected chi connectivity index (χ3v) is 6.07. The van der Waals surface area contributed by atoms with Crippen LogP contribution >= 0.6 is 11.8 Å². The summed E-state index contributed by atoms with van der Waals surface area (Å²) in [5.74, 6) is -1.53. The zero-order valence-electron chi connectivity index (χ0n) is 15.3. The largest absolute Gasteiger partial charge is 0.327 e. The molecule has 1 N–H and O–H groups in total. The summed E-state index contributed by atoms with van der Waals surface area (Å²) in [5.41, 5.74) is 2.38. The average Bonchev–Trinajstić information content (AvgIpc) is 3.24. The molecule has 1 aromatic heterocycles. The molecule has 27 heavy (non-hydrogen) atoms. The van der Waals surface area contributed by atoms with Crippen LogP contribution in [-0.4, -0.2) is 16.2 Å². The molecule has 1 aromatic carbocycles. The Kier molecular flexibility index (Phi) is 5.85. The number of benzene rings is 1. The number of halogens is 2. The quantitative estimate of drug-likeness (QED) is 0.724. The number of nitriles is 1. The predicted octanol–water partition coefficient (Wildman–Crippen LogP) is 5.10. The second-order valence-electron chi connectivity index (χ2n) is 6.77. The van der Waals surface area contributed by atoms with Gasteiger partial charge in [-0.3, -0.25) is 4.79 Å². The molecule has 0 aliphatic heterocycles. The number of rotatable bonds is 5. The Balaban J connectivity index is 1.77. The molecule has 2 aromatic rings. The second kappa shape index (κ2) is 8.13. The van der Waals surface area contributed by atoms with Crippen molar-refractivity contribution in [2.45, 2.75) is 50.5 Å². The third kappa shape index (κ3) is 4.01. The van der Waals surface area contributed by atoms with Gasteiger partial charge in [0.1, 0.15) is 11.9 Å². The van der Waals surface area contributed by atoms with E-state index < -0.39 is 11.6 Å². The molecule has 0 radical (unpaired) electrons. The van der Waals surface area contributed by atoms with Crippen molar-refractivity contribution in [3.8, 4) is 6.07 Å². The number of carbonyl (C=O) groups is 1. The van der Waals surface area contributed by atoms with Gasteiger partial charge in [-0.05, 0) is 50.5 Å². The summed E-state index contributed by atoms with van der Waals surface area (Å²) in [5, 5.41) is 12.4. The van der Waals surface area contributed by atoms with Crippen LogP contribution in [0.15, 0.2) is 23.1 Å². The number of thioether (sulfide) groups is 1. The molecule has 1 heterocycles. The van der Waals surface area contributed by atoms with Crippen molar-refractivity contribution in [1.82, 2.24) is 4.57 Å². The number of aromatic nitrogens is 1. The maximum atomic E-state index is 13.3. The van der Waals surface area contributed by atoms with E-state index in [4.69, 9.17) is 0 Å². The standard InChI is InChI=1S/C20H21F2N3OS/c1-12-13(2)25(14-5-3-4-6-14)20(16(12)10-23)24-19(26)11-27-15-7-8-17(21)18(22)9-15/h7-9,14H,3-6,11H2,1-2H3,(H,24,26). The van der Waals surface area contributed by atoms with E-state index in [-0.39, 0.29) is 11.7 Å². The fourth-order valence-electron chi connectivity index (χ4n) is 3.59. The van der Waals surface area contributed by atoms with Gasteiger partial charge < -0.3 is 9.88 Å². The number of amides is 1. The fourth-order valence-corrected chi connectivity index (χ4v) is 4.31. The minimum atomic E-state index is -0.937. The molecule has 1 aliphatic rings. The van der Waals surface area contributed by atoms with E-state index in [1.54, 1.807) is 0 Å². The normalized spacial score (nSPS) is 14.3. The molecular weight excluding hydrogens is 368 g/mol. The first-order valence-corrected chi connectivity index (χ1v) is 9.90. The Morgan fingerprint density at radius 2 is 2.00 bits per heavy atom. The summed E-state index contributed by atoms with van der Waals surface area (Å²) < 4.78 is 28.4. The van der Waals surface area contributed by atoms with Crippen LogP contribution in [0.4, 0.5) is 14.6 Å². The third-order valence-electron chi connectivity index (χ3n) is 5.08. The maximum absolute atomic E-state index is 13.3. The lowest BCUT2D eigenvalue weighted by molar-refractivity contribution is -0.113. The Morgan fingerprint density at radius 1 is 1.30 bits per heavy atom. The van der Waals surface area contributed by atoms with Crippen LogP contribution in [0.1, 0.15) is 48.5 Å². The summed E-state index contributed by atoms with van der Waals surface area (Å²) in [6, 6.07) is 6.05. The lowest BCUT2D eigenvalue weighted by Gasteiger charge is -2.19. The zero-order chi connectivity index (χ0) is 19.6. The summed E-state index contributed by atoms with van der Waals surface area (Å²) in [6.45, 7) is 3.87. The maximum Gasteiger partial charge on any atom is 0.235 e. The van der Waals surface area contributed by atoms with Crippen molar-refractivity contribution in [3.63, 3.8) is 0 Å². The van der Waals surface area contributed by atoms with Crippen molar-refractivity contribution in [1.29, 1.82) is 5.26 Å². The number of hydrogen-bond acceptors (Lipinski definition) is 3. The van der Waals surface area contributed by atoms with E-state index in [0.717, 1.165) is 60.8 Å². The highest BCUT2D eigenvalue weighted by Crippen LogP contribution is 2.37.